The van der Waals surface area contributed by atoms with Gasteiger partial charge < -0.3 is 5.11 Å². The number of thiazole rings is 1. The molecule has 1 aliphatic carbocycles. The number of nitrogens with zero attached hydrogens (tertiary/aromatic N) is 2. The molecule has 1 fully saturated rings. The van der Waals surface area contributed by atoms with Gasteiger partial charge in [0.05, 0.1) is 22.0 Å². The highest BCUT2D eigenvalue weighted by Crippen LogP contribution is 2.46. The number of halogens is 1. The second kappa shape index (κ2) is 11.0. The zero-order valence-corrected chi connectivity index (χ0v) is 21.5. The molecule has 1 N–H and O–H groups in total. The summed E-state index contributed by atoms with van der Waals surface area (Å²) in [5.41, 5.74) is 9.51. The lowest BCUT2D eigenvalue weighted by Gasteiger charge is -2.32. The van der Waals surface area contributed by atoms with Crippen molar-refractivity contribution >= 4 is 46.1 Å². The van der Waals surface area contributed by atoms with Crippen LogP contribution in [0.2, 0.25) is 5.02 Å². The van der Waals surface area contributed by atoms with Gasteiger partial charge in [0.25, 0.3) is 0 Å². The average molecular weight is 523 g/mol. The smallest absolute Gasteiger partial charge is 0.328 e. The molecule has 0 bridgehead atoms. The number of aliphatic carboxylic acids is 1. The first kappa shape index (κ1) is 24.7. The minimum absolute atomic E-state index is 0.330. The molecule has 0 aliphatic heterocycles. The molecule has 0 amide bonds. The normalized spacial score (nSPS) is 14.2. The number of allylic oxidation sites excluding steroid dienone is 1. The maximum absolute atomic E-state index is 11.0. The van der Waals surface area contributed by atoms with Gasteiger partial charge in [-0.25, -0.2) is 4.79 Å². The van der Waals surface area contributed by atoms with Crippen LogP contribution >= 0.6 is 22.9 Å². The maximum atomic E-state index is 11.0. The number of nitriles is 1. The highest BCUT2D eigenvalue weighted by atomic mass is 35.5. The fourth-order valence-electron chi connectivity index (χ4n) is 4.67. The first-order chi connectivity index (χ1) is 18.0. The van der Waals surface area contributed by atoms with Crippen LogP contribution in [0.5, 0.6) is 0 Å². The lowest BCUT2D eigenvalue weighted by Crippen LogP contribution is -2.16. The molecular weight excluding hydrogens is 500 g/mol. The summed E-state index contributed by atoms with van der Waals surface area (Å²) < 4.78 is 0. The summed E-state index contributed by atoms with van der Waals surface area (Å²) >= 11 is 7.86. The lowest BCUT2D eigenvalue weighted by molar-refractivity contribution is -0.131. The number of benzene rings is 3. The van der Waals surface area contributed by atoms with E-state index in [2.05, 4.69) is 35.3 Å². The second-order valence-electron chi connectivity index (χ2n) is 8.95. The van der Waals surface area contributed by atoms with E-state index in [0.29, 0.717) is 16.5 Å². The van der Waals surface area contributed by atoms with Crippen molar-refractivity contribution in [3.8, 4) is 16.5 Å². The molecule has 1 aromatic heterocycles. The minimum Gasteiger partial charge on any atom is -0.478 e. The Balaban J connectivity index is 1.71. The molecule has 0 radical (unpaired) electrons. The van der Waals surface area contributed by atoms with Crippen molar-refractivity contribution < 1.29 is 9.90 Å². The number of hydrogen-bond donors (Lipinski definition) is 1. The molecular formula is C31H23ClN2O2S. The molecule has 1 saturated carbocycles. The van der Waals surface area contributed by atoms with Crippen molar-refractivity contribution in [2.24, 2.45) is 5.92 Å². The third-order valence-electron chi connectivity index (χ3n) is 6.68. The van der Waals surface area contributed by atoms with E-state index in [0.717, 1.165) is 69.2 Å². The van der Waals surface area contributed by atoms with Crippen LogP contribution in [0.15, 0.2) is 84.5 Å². The SMILES string of the molecule is N#Cc1cc(Cl)ccc1C(=C(c1ccc(C=CC(=O)O)cc1)c1ccc(-c2cncs2)cc1)C1CCC1. The van der Waals surface area contributed by atoms with Crippen LogP contribution in [-0.4, -0.2) is 16.1 Å². The zero-order valence-electron chi connectivity index (χ0n) is 19.9. The van der Waals surface area contributed by atoms with E-state index in [4.69, 9.17) is 16.7 Å². The summed E-state index contributed by atoms with van der Waals surface area (Å²) in [6.07, 6.45) is 7.86. The van der Waals surface area contributed by atoms with E-state index in [1.807, 2.05) is 48.1 Å². The van der Waals surface area contributed by atoms with E-state index in [9.17, 15) is 10.1 Å². The van der Waals surface area contributed by atoms with Crippen LogP contribution in [0.3, 0.4) is 0 Å². The van der Waals surface area contributed by atoms with Gasteiger partial charge in [0.2, 0.25) is 0 Å². The number of carboxylic acid groups (broad SMARTS) is 1. The van der Waals surface area contributed by atoms with Gasteiger partial charge in [0, 0.05) is 17.3 Å². The van der Waals surface area contributed by atoms with Gasteiger partial charge in [-0.1, -0.05) is 72.6 Å². The Bertz CT molecular complexity index is 1530. The molecule has 37 heavy (non-hydrogen) atoms. The molecule has 3 aromatic carbocycles. The standard InChI is InChI=1S/C31H23ClN2O2S/c32-26-13-14-27(25(16-26)17-33)31(22-2-1-3-22)30(23-7-4-20(5-8-23)6-15-29(35)36)24-11-9-21(10-12-24)28-18-34-19-37-28/h4-16,18-19,22H,1-3H2,(H,35,36). The van der Waals surface area contributed by atoms with Gasteiger partial charge in [0.1, 0.15) is 0 Å². The number of carbonyl (C=O) groups is 1. The average Bonchev–Trinajstić information content (AvgIpc) is 3.42. The van der Waals surface area contributed by atoms with E-state index >= 15 is 0 Å². The largest absolute Gasteiger partial charge is 0.478 e. The fraction of sp³-hybridized carbons (Fsp3) is 0.129. The Morgan fingerprint density at radius 2 is 1.76 bits per heavy atom. The topological polar surface area (TPSA) is 74.0 Å². The van der Waals surface area contributed by atoms with Crippen LogP contribution in [0, 0.1) is 17.2 Å². The minimum atomic E-state index is -0.982. The molecule has 0 atom stereocenters. The van der Waals surface area contributed by atoms with Gasteiger partial charge in [0.15, 0.2) is 0 Å². The van der Waals surface area contributed by atoms with Gasteiger partial charge in [-0.3, -0.25) is 4.98 Å². The molecule has 0 spiro atoms. The van der Waals surface area contributed by atoms with E-state index in [1.54, 1.807) is 23.5 Å². The lowest BCUT2D eigenvalue weighted by atomic mass is 9.72. The molecule has 4 nitrogen and oxygen atoms in total. The maximum Gasteiger partial charge on any atom is 0.328 e. The number of rotatable bonds is 7. The number of carboxylic acids is 1. The summed E-state index contributed by atoms with van der Waals surface area (Å²) in [5.74, 6) is -0.652. The number of aromatic nitrogens is 1. The predicted octanol–water partition coefficient (Wildman–Crippen LogP) is 8.19. The third-order valence-corrected chi connectivity index (χ3v) is 7.74. The molecule has 5 rings (SSSR count). The van der Waals surface area contributed by atoms with Gasteiger partial charge in [-0.2, -0.15) is 5.26 Å². The molecule has 1 heterocycles. The quantitative estimate of drug-likeness (QED) is 0.196. The van der Waals surface area contributed by atoms with Crippen LogP contribution in [0.4, 0.5) is 0 Å². The monoisotopic (exact) mass is 522 g/mol. The van der Waals surface area contributed by atoms with Crippen LogP contribution in [0.25, 0.3) is 27.7 Å². The van der Waals surface area contributed by atoms with Gasteiger partial charge in [-0.05, 0) is 75.9 Å². The van der Waals surface area contributed by atoms with Crippen molar-refractivity contribution in [1.29, 1.82) is 5.26 Å². The Labute approximate surface area is 224 Å². The fourth-order valence-corrected chi connectivity index (χ4v) is 5.47. The molecule has 4 aromatic rings. The number of hydrogen-bond acceptors (Lipinski definition) is 4. The first-order valence-electron chi connectivity index (χ1n) is 12.0. The first-order valence-corrected chi connectivity index (χ1v) is 13.2. The Kier molecular flexibility index (Phi) is 7.32. The van der Waals surface area contributed by atoms with Gasteiger partial charge >= 0.3 is 5.97 Å². The van der Waals surface area contributed by atoms with Crippen molar-refractivity contribution in [2.45, 2.75) is 19.3 Å². The van der Waals surface area contributed by atoms with Crippen molar-refractivity contribution in [1.82, 2.24) is 4.98 Å². The summed E-state index contributed by atoms with van der Waals surface area (Å²) in [5, 5.41) is 19.5. The zero-order chi connectivity index (χ0) is 25.8. The molecule has 1 aliphatic rings. The van der Waals surface area contributed by atoms with Crippen molar-refractivity contribution in [3.05, 3.63) is 117 Å². The predicted molar refractivity (Wildman–Crippen MR) is 150 cm³/mol. The summed E-state index contributed by atoms with van der Waals surface area (Å²) in [7, 11) is 0. The van der Waals surface area contributed by atoms with Crippen molar-refractivity contribution in [3.63, 3.8) is 0 Å². The Morgan fingerprint density at radius 3 is 2.32 bits per heavy atom. The highest BCUT2D eigenvalue weighted by molar-refractivity contribution is 7.13. The van der Waals surface area contributed by atoms with Crippen molar-refractivity contribution in [2.75, 3.05) is 0 Å². The second-order valence-corrected chi connectivity index (χ2v) is 10.3. The third kappa shape index (κ3) is 5.41. The molecule has 6 heteroatoms. The summed E-state index contributed by atoms with van der Waals surface area (Å²) in [4.78, 5) is 16.3. The Hall–Kier alpha value is -3.98. The highest BCUT2D eigenvalue weighted by Gasteiger charge is 2.28. The summed E-state index contributed by atoms with van der Waals surface area (Å²) in [6.45, 7) is 0. The molecule has 0 unspecified atom stereocenters. The van der Waals surface area contributed by atoms with E-state index in [1.165, 1.54) is 0 Å². The summed E-state index contributed by atoms with van der Waals surface area (Å²) in [6, 6.07) is 24.3. The molecule has 182 valence electrons. The van der Waals surface area contributed by atoms with E-state index < -0.39 is 5.97 Å². The van der Waals surface area contributed by atoms with Crippen LogP contribution in [0.1, 0.15) is 47.1 Å². The van der Waals surface area contributed by atoms with Crippen LogP contribution in [-0.2, 0) is 4.79 Å². The Morgan fingerprint density at radius 1 is 1.05 bits per heavy atom. The van der Waals surface area contributed by atoms with Gasteiger partial charge in [-0.15, -0.1) is 11.3 Å². The molecule has 0 saturated heterocycles. The van der Waals surface area contributed by atoms with Crippen LogP contribution < -0.4 is 0 Å². The van der Waals surface area contributed by atoms with E-state index in [-0.39, 0.29) is 0 Å².